The van der Waals surface area contributed by atoms with Crippen LogP contribution in [0.5, 0.6) is 5.88 Å². The minimum absolute atomic E-state index is 0.281. The zero-order valence-corrected chi connectivity index (χ0v) is 11.2. The van der Waals surface area contributed by atoms with Gasteiger partial charge in [-0.3, -0.25) is 0 Å². The van der Waals surface area contributed by atoms with Gasteiger partial charge in [0.25, 0.3) is 0 Å². The van der Waals surface area contributed by atoms with Gasteiger partial charge in [0.1, 0.15) is 5.82 Å². The second-order valence-corrected chi connectivity index (χ2v) is 4.73. The van der Waals surface area contributed by atoms with E-state index >= 15 is 0 Å². The number of hydrogen-bond acceptors (Lipinski definition) is 5. The third kappa shape index (κ3) is 2.83. The standard InChI is InChI=1S/C13H22N4O/c1-3-10-7-5-4-6-8-17(10)11-9-12(18-2)16-13(14)15-11/h9-10H,3-8H2,1-2H3,(H2,14,15,16). The Hall–Kier alpha value is -1.52. The fourth-order valence-corrected chi connectivity index (χ4v) is 2.59. The van der Waals surface area contributed by atoms with Gasteiger partial charge in [-0.25, -0.2) is 0 Å². The Morgan fingerprint density at radius 1 is 1.39 bits per heavy atom. The normalized spacial score (nSPS) is 20.6. The average molecular weight is 250 g/mol. The number of nitrogens with two attached hydrogens (primary N) is 1. The maximum absolute atomic E-state index is 5.74. The van der Waals surface area contributed by atoms with Gasteiger partial charge in [-0.15, -0.1) is 0 Å². The maximum Gasteiger partial charge on any atom is 0.225 e. The smallest absolute Gasteiger partial charge is 0.225 e. The maximum atomic E-state index is 5.74. The second-order valence-electron chi connectivity index (χ2n) is 4.73. The monoisotopic (exact) mass is 250 g/mol. The molecule has 0 aliphatic carbocycles. The molecule has 0 bridgehead atoms. The van der Waals surface area contributed by atoms with Crippen molar-refractivity contribution in [2.75, 3.05) is 24.3 Å². The third-order valence-electron chi connectivity index (χ3n) is 3.56. The van der Waals surface area contributed by atoms with Crippen molar-refractivity contribution in [1.82, 2.24) is 9.97 Å². The van der Waals surface area contributed by atoms with Gasteiger partial charge in [0.05, 0.1) is 7.11 Å². The van der Waals surface area contributed by atoms with Crippen molar-refractivity contribution in [2.24, 2.45) is 0 Å². The molecule has 0 aromatic carbocycles. The van der Waals surface area contributed by atoms with Crippen LogP contribution < -0.4 is 15.4 Å². The number of methoxy groups -OCH3 is 1. The number of nitrogen functional groups attached to an aromatic ring is 1. The Bertz CT molecular complexity index is 397. The van der Waals surface area contributed by atoms with Gasteiger partial charge in [0.15, 0.2) is 0 Å². The van der Waals surface area contributed by atoms with E-state index in [0.29, 0.717) is 11.9 Å². The largest absolute Gasteiger partial charge is 0.481 e. The highest BCUT2D eigenvalue weighted by Crippen LogP contribution is 2.26. The van der Waals surface area contributed by atoms with Gasteiger partial charge in [-0.05, 0) is 19.3 Å². The van der Waals surface area contributed by atoms with E-state index in [9.17, 15) is 0 Å². The third-order valence-corrected chi connectivity index (χ3v) is 3.56. The summed E-state index contributed by atoms with van der Waals surface area (Å²) in [4.78, 5) is 10.8. The summed E-state index contributed by atoms with van der Waals surface area (Å²) in [5.41, 5.74) is 5.74. The molecule has 2 heterocycles. The summed E-state index contributed by atoms with van der Waals surface area (Å²) < 4.78 is 5.17. The number of ether oxygens (including phenoxy) is 1. The Morgan fingerprint density at radius 3 is 2.94 bits per heavy atom. The molecule has 1 saturated heterocycles. The molecule has 1 unspecified atom stereocenters. The molecule has 1 aliphatic heterocycles. The van der Waals surface area contributed by atoms with Gasteiger partial charge in [0.2, 0.25) is 11.8 Å². The highest BCUT2D eigenvalue weighted by atomic mass is 16.5. The van der Waals surface area contributed by atoms with Gasteiger partial charge in [0, 0.05) is 18.7 Å². The first-order valence-electron chi connectivity index (χ1n) is 6.69. The minimum atomic E-state index is 0.281. The van der Waals surface area contributed by atoms with Crippen molar-refractivity contribution in [3.63, 3.8) is 0 Å². The lowest BCUT2D eigenvalue weighted by molar-refractivity contribution is 0.397. The van der Waals surface area contributed by atoms with Crippen molar-refractivity contribution in [3.05, 3.63) is 6.07 Å². The van der Waals surface area contributed by atoms with Crippen molar-refractivity contribution in [2.45, 2.75) is 45.1 Å². The number of hydrogen-bond donors (Lipinski definition) is 1. The Morgan fingerprint density at radius 2 is 2.22 bits per heavy atom. The predicted octanol–water partition coefficient (Wildman–Crippen LogP) is 2.23. The summed E-state index contributed by atoms with van der Waals surface area (Å²) in [7, 11) is 1.60. The summed E-state index contributed by atoms with van der Waals surface area (Å²) in [5, 5.41) is 0. The van der Waals surface area contributed by atoms with Crippen LogP contribution in [0.1, 0.15) is 39.0 Å². The van der Waals surface area contributed by atoms with Crippen LogP contribution in [0.3, 0.4) is 0 Å². The second kappa shape index (κ2) is 5.89. The first-order chi connectivity index (χ1) is 8.74. The SMILES string of the molecule is CCC1CCCCCN1c1cc(OC)nc(N)n1. The van der Waals surface area contributed by atoms with Gasteiger partial charge in [-0.1, -0.05) is 19.8 Å². The zero-order chi connectivity index (χ0) is 13.0. The molecule has 0 spiro atoms. The molecule has 100 valence electrons. The van der Waals surface area contributed by atoms with E-state index in [1.54, 1.807) is 7.11 Å². The molecule has 1 aromatic rings. The van der Waals surface area contributed by atoms with Gasteiger partial charge in [-0.2, -0.15) is 9.97 Å². The van der Waals surface area contributed by atoms with Crippen LogP contribution >= 0.6 is 0 Å². The van der Waals surface area contributed by atoms with Crippen LogP contribution in [0.15, 0.2) is 6.07 Å². The van der Waals surface area contributed by atoms with E-state index in [4.69, 9.17) is 10.5 Å². The van der Waals surface area contributed by atoms with E-state index < -0.39 is 0 Å². The molecule has 2 N–H and O–H groups in total. The quantitative estimate of drug-likeness (QED) is 0.891. The lowest BCUT2D eigenvalue weighted by atomic mass is 10.1. The Balaban J connectivity index is 2.29. The number of rotatable bonds is 3. The van der Waals surface area contributed by atoms with Gasteiger partial charge < -0.3 is 15.4 Å². The summed E-state index contributed by atoms with van der Waals surface area (Å²) in [6.45, 7) is 3.27. The lowest BCUT2D eigenvalue weighted by Crippen LogP contribution is -2.35. The van der Waals surface area contributed by atoms with Crippen molar-refractivity contribution >= 4 is 11.8 Å². The van der Waals surface area contributed by atoms with E-state index in [0.717, 1.165) is 18.8 Å². The molecule has 1 atom stereocenters. The average Bonchev–Trinajstić information content (AvgIpc) is 2.62. The van der Waals surface area contributed by atoms with Crippen molar-refractivity contribution in [1.29, 1.82) is 0 Å². The van der Waals surface area contributed by atoms with E-state index in [2.05, 4.69) is 21.8 Å². The predicted molar refractivity (Wildman–Crippen MR) is 72.9 cm³/mol. The van der Waals surface area contributed by atoms with Crippen LogP contribution in [0.4, 0.5) is 11.8 Å². The highest BCUT2D eigenvalue weighted by Gasteiger charge is 2.21. The molecule has 5 nitrogen and oxygen atoms in total. The van der Waals surface area contributed by atoms with E-state index in [1.165, 1.54) is 25.7 Å². The topological polar surface area (TPSA) is 64.3 Å². The van der Waals surface area contributed by atoms with Crippen LogP contribution in [-0.4, -0.2) is 29.7 Å². The van der Waals surface area contributed by atoms with Crippen LogP contribution in [-0.2, 0) is 0 Å². The van der Waals surface area contributed by atoms with Crippen molar-refractivity contribution < 1.29 is 4.74 Å². The fourth-order valence-electron chi connectivity index (χ4n) is 2.59. The molecular weight excluding hydrogens is 228 g/mol. The molecule has 1 aliphatic rings. The molecular formula is C13H22N4O. The fraction of sp³-hybridized carbons (Fsp3) is 0.692. The molecule has 1 aromatic heterocycles. The number of anilines is 2. The molecule has 2 rings (SSSR count). The lowest BCUT2D eigenvalue weighted by Gasteiger charge is -2.30. The molecule has 1 fully saturated rings. The van der Waals surface area contributed by atoms with Gasteiger partial charge >= 0.3 is 0 Å². The highest BCUT2D eigenvalue weighted by molar-refractivity contribution is 5.46. The van der Waals surface area contributed by atoms with Crippen LogP contribution in [0, 0.1) is 0 Å². The number of nitrogens with zero attached hydrogens (tertiary/aromatic N) is 3. The summed E-state index contributed by atoms with van der Waals surface area (Å²) >= 11 is 0. The van der Waals surface area contributed by atoms with Crippen molar-refractivity contribution in [3.8, 4) is 5.88 Å². The molecule has 0 radical (unpaired) electrons. The zero-order valence-electron chi connectivity index (χ0n) is 11.2. The van der Waals surface area contributed by atoms with E-state index in [1.807, 2.05) is 6.07 Å². The summed E-state index contributed by atoms with van der Waals surface area (Å²) in [6, 6.07) is 2.43. The first-order valence-corrected chi connectivity index (χ1v) is 6.69. The minimum Gasteiger partial charge on any atom is -0.481 e. The Kier molecular flexibility index (Phi) is 4.23. The first kappa shape index (κ1) is 12.9. The molecule has 18 heavy (non-hydrogen) atoms. The summed E-state index contributed by atoms with van der Waals surface area (Å²) in [6.07, 6.45) is 6.16. The Labute approximate surface area is 108 Å². The molecule has 0 amide bonds. The van der Waals surface area contributed by atoms with Crippen LogP contribution in [0.25, 0.3) is 0 Å². The molecule has 5 heteroatoms. The summed E-state index contributed by atoms with van der Waals surface area (Å²) in [5.74, 6) is 1.72. The van der Waals surface area contributed by atoms with E-state index in [-0.39, 0.29) is 5.95 Å². The van der Waals surface area contributed by atoms with Crippen LogP contribution in [0.2, 0.25) is 0 Å². The number of aromatic nitrogens is 2. The molecule has 0 saturated carbocycles.